The lowest BCUT2D eigenvalue weighted by atomic mass is 9.92. The second-order valence-electron chi connectivity index (χ2n) is 6.16. The second kappa shape index (κ2) is 10.8. The zero-order valence-corrected chi connectivity index (χ0v) is 13.1. The van der Waals surface area contributed by atoms with E-state index in [9.17, 15) is 5.11 Å². The molecule has 0 aromatic heterocycles. The standard InChI is InChI=1S/C16H35NO/c1-5-6-7-8-9-10-11-12-13-17-14-16(4,18)15(2)3/h15,17-18H,5-14H2,1-4H3. The number of nitrogens with one attached hydrogen (secondary N) is 1. The van der Waals surface area contributed by atoms with Gasteiger partial charge in [-0.25, -0.2) is 0 Å². The average Bonchev–Trinajstić information content (AvgIpc) is 2.31. The van der Waals surface area contributed by atoms with Crippen molar-refractivity contribution in [1.82, 2.24) is 5.32 Å². The Kier molecular flexibility index (Phi) is 10.8. The van der Waals surface area contributed by atoms with E-state index in [0.717, 1.165) is 6.54 Å². The van der Waals surface area contributed by atoms with Crippen molar-refractivity contribution in [3.05, 3.63) is 0 Å². The summed E-state index contributed by atoms with van der Waals surface area (Å²) in [6.07, 6.45) is 10.9. The van der Waals surface area contributed by atoms with Gasteiger partial charge in [0.1, 0.15) is 0 Å². The van der Waals surface area contributed by atoms with Crippen LogP contribution in [0.3, 0.4) is 0 Å². The monoisotopic (exact) mass is 257 g/mol. The van der Waals surface area contributed by atoms with E-state index < -0.39 is 5.60 Å². The van der Waals surface area contributed by atoms with Gasteiger partial charge >= 0.3 is 0 Å². The van der Waals surface area contributed by atoms with Crippen molar-refractivity contribution in [3.63, 3.8) is 0 Å². The minimum atomic E-state index is -0.569. The molecule has 0 saturated heterocycles. The Morgan fingerprint density at radius 3 is 1.94 bits per heavy atom. The van der Waals surface area contributed by atoms with Crippen LogP contribution in [0.25, 0.3) is 0 Å². The maximum absolute atomic E-state index is 10.1. The summed E-state index contributed by atoms with van der Waals surface area (Å²) in [6.45, 7) is 10.1. The van der Waals surface area contributed by atoms with Crippen molar-refractivity contribution in [3.8, 4) is 0 Å². The van der Waals surface area contributed by atoms with E-state index in [-0.39, 0.29) is 0 Å². The zero-order valence-electron chi connectivity index (χ0n) is 13.1. The van der Waals surface area contributed by atoms with E-state index in [2.05, 4.69) is 26.1 Å². The third-order valence-electron chi connectivity index (χ3n) is 3.93. The van der Waals surface area contributed by atoms with E-state index in [1.807, 2.05) is 6.92 Å². The maximum Gasteiger partial charge on any atom is 0.0766 e. The summed E-state index contributed by atoms with van der Waals surface area (Å²) >= 11 is 0. The van der Waals surface area contributed by atoms with Gasteiger partial charge < -0.3 is 10.4 Å². The molecule has 0 aliphatic rings. The van der Waals surface area contributed by atoms with Crippen LogP contribution in [0.15, 0.2) is 0 Å². The Balaban J connectivity index is 3.21. The van der Waals surface area contributed by atoms with E-state index in [1.54, 1.807) is 0 Å². The molecule has 2 N–H and O–H groups in total. The number of rotatable bonds is 12. The quantitative estimate of drug-likeness (QED) is 0.515. The van der Waals surface area contributed by atoms with Crippen LogP contribution >= 0.6 is 0 Å². The topological polar surface area (TPSA) is 32.3 Å². The van der Waals surface area contributed by atoms with Crippen LogP contribution in [0.1, 0.15) is 79.1 Å². The minimum Gasteiger partial charge on any atom is -0.389 e. The molecule has 0 radical (unpaired) electrons. The molecule has 0 heterocycles. The fourth-order valence-electron chi connectivity index (χ4n) is 1.93. The molecular weight excluding hydrogens is 222 g/mol. The Bertz CT molecular complexity index is 178. The van der Waals surface area contributed by atoms with Crippen molar-refractivity contribution in [2.45, 2.75) is 84.7 Å². The molecule has 0 bridgehead atoms. The fourth-order valence-corrected chi connectivity index (χ4v) is 1.93. The molecule has 1 unspecified atom stereocenters. The average molecular weight is 257 g/mol. The molecule has 2 heteroatoms. The highest BCUT2D eigenvalue weighted by Crippen LogP contribution is 2.14. The SMILES string of the molecule is CCCCCCCCCCNCC(C)(O)C(C)C. The van der Waals surface area contributed by atoms with Gasteiger partial charge in [-0.1, -0.05) is 65.7 Å². The van der Waals surface area contributed by atoms with Crippen molar-refractivity contribution in [2.75, 3.05) is 13.1 Å². The third-order valence-corrected chi connectivity index (χ3v) is 3.93. The lowest BCUT2D eigenvalue weighted by Crippen LogP contribution is -2.42. The van der Waals surface area contributed by atoms with Gasteiger partial charge in [0.15, 0.2) is 0 Å². The molecule has 0 aliphatic carbocycles. The molecule has 0 amide bonds. The highest BCUT2D eigenvalue weighted by atomic mass is 16.3. The Morgan fingerprint density at radius 2 is 1.44 bits per heavy atom. The molecule has 0 saturated carbocycles. The van der Waals surface area contributed by atoms with Crippen LogP contribution in [-0.4, -0.2) is 23.8 Å². The highest BCUT2D eigenvalue weighted by molar-refractivity contribution is 4.78. The fraction of sp³-hybridized carbons (Fsp3) is 1.00. The Labute approximate surface area is 115 Å². The summed E-state index contributed by atoms with van der Waals surface area (Å²) < 4.78 is 0. The molecule has 0 aromatic rings. The van der Waals surface area contributed by atoms with Gasteiger partial charge in [0.25, 0.3) is 0 Å². The first-order valence-electron chi connectivity index (χ1n) is 7.93. The first-order chi connectivity index (χ1) is 8.50. The number of hydrogen-bond acceptors (Lipinski definition) is 2. The first kappa shape index (κ1) is 17.9. The van der Waals surface area contributed by atoms with Crippen LogP contribution in [0.5, 0.6) is 0 Å². The summed E-state index contributed by atoms with van der Waals surface area (Å²) in [5, 5.41) is 13.4. The van der Waals surface area contributed by atoms with Gasteiger partial charge in [-0.3, -0.25) is 0 Å². The van der Waals surface area contributed by atoms with E-state index in [0.29, 0.717) is 12.5 Å². The second-order valence-corrected chi connectivity index (χ2v) is 6.16. The first-order valence-corrected chi connectivity index (χ1v) is 7.93. The number of hydrogen-bond donors (Lipinski definition) is 2. The van der Waals surface area contributed by atoms with Crippen LogP contribution in [0.4, 0.5) is 0 Å². The van der Waals surface area contributed by atoms with Crippen LogP contribution < -0.4 is 5.32 Å². The van der Waals surface area contributed by atoms with Gasteiger partial charge in [-0.05, 0) is 25.8 Å². The minimum absolute atomic E-state index is 0.309. The van der Waals surface area contributed by atoms with Crippen molar-refractivity contribution in [1.29, 1.82) is 0 Å². The number of aliphatic hydroxyl groups is 1. The zero-order chi connectivity index (χ0) is 13.9. The lowest BCUT2D eigenvalue weighted by Gasteiger charge is -2.27. The van der Waals surface area contributed by atoms with Gasteiger partial charge in [0.2, 0.25) is 0 Å². The van der Waals surface area contributed by atoms with Crippen LogP contribution in [0.2, 0.25) is 0 Å². The van der Waals surface area contributed by atoms with Crippen LogP contribution in [-0.2, 0) is 0 Å². The van der Waals surface area contributed by atoms with Gasteiger partial charge in [0, 0.05) is 6.54 Å². The molecule has 0 aliphatic heterocycles. The Hall–Kier alpha value is -0.0800. The molecule has 0 spiro atoms. The predicted molar refractivity (Wildman–Crippen MR) is 80.9 cm³/mol. The van der Waals surface area contributed by atoms with Gasteiger partial charge in [-0.2, -0.15) is 0 Å². The summed E-state index contributed by atoms with van der Waals surface area (Å²) in [5.41, 5.74) is -0.569. The number of unbranched alkanes of at least 4 members (excludes halogenated alkanes) is 7. The highest BCUT2D eigenvalue weighted by Gasteiger charge is 2.23. The third kappa shape index (κ3) is 9.90. The van der Waals surface area contributed by atoms with Gasteiger partial charge in [0.05, 0.1) is 5.60 Å². The van der Waals surface area contributed by atoms with Crippen molar-refractivity contribution in [2.24, 2.45) is 5.92 Å². The summed E-state index contributed by atoms with van der Waals surface area (Å²) in [7, 11) is 0. The largest absolute Gasteiger partial charge is 0.389 e. The normalized spacial score (nSPS) is 15.0. The van der Waals surface area contributed by atoms with Gasteiger partial charge in [-0.15, -0.1) is 0 Å². The van der Waals surface area contributed by atoms with E-state index >= 15 is 0 Å². The molecular formula is C16H35NO. The molecule has 0 rings (SSSR count). The molecule has 0 aromatic carbocycles. The molecule has 1 atom stereocenters. The van der Waals surface area contributed by atoms with E-state index in [4.69, 9.17) is 0 Å². The maximum atomic E-state index is 10.1. The lowest BCUT2D eigenvalue weighted by molar-refractivity contribution is 0.0143. The molecule has 18 heavy (non-hydrogen) atoms. The predicted octanol–water partition coefficient (Wildman–Crippen LogP) is 4.12. The van der Waals surface area contributed by atoms with Crippen LogP contribution in [0, 0.1) is 5.92 Å². The van der Waals surface area contributed by atoms with Crippen molar-refractivity contribution >= 4 is 0 Å². The molecule has 2 nitrogen and oxygen atoms in total. The molecule has 110 valence electrons. The Morgan fingerprint density at radius 1 is 0.944 bits per heavy atom. The summed E-state index contributed by atoms with van der Waals surface area (Å²) in [4.78, 5) is 0. The van der Waals surface area contributed by atoms with E-state index in [1.165, 1.54) is 51.4 Å². The smallest absolute Gasteiger partial charge is 0.0766 e. The summed E-state index contributed by atoms with van der Waals surface area (Å²) in [6, 6.07) is 0. The summed E-state index contributed by atoms with van der Waals surface area (Å²) in [5.74, 6) is 0.309. The molecule has 0 fully saturated rings. The van der Waals surface area contributed by atoms with Crippen molar-refractivity contribution < 1.29 is 5.11 Å².